The van der Waals surface area contributed by atoms with Gasteiger partial charge >= 0.3 is 5.97 Å². The molecule has 3 aromatic carbocycles. The van der Waals surface area contributed by atoms with Gasteiger partial charge in [0.05, 0.1) is 13.0 Å². The highest BCUT2D eigenvalue weighted by Crippen LogP contribution is 2.42. The summed E-state index contributed by atoms with van der Waals surface area (Å²) in [6.07, 6.45) is -6.09. The fraction of sp³-hybridized carbons (Fsp3) is 0.267. The first-order chi connectivity index (χ1) is 20.1. The average Bonchev–Trinajstić information content (AvgIpc) is 2.96. The van der Waals surface area contributed by atoms with E-state index in [1.807, 2.05) is 0 Å². The molecule has 0 saturated carbocycles. The van der Waals surface area contributed by atoms with E-state index in [1.54, 1.807) is 24.3 Å². The average molecular weight is 581 g/mol. The van der Waals surface area contributed by atoms with Crippen LogP contribution in [0.3, 0.4) is 0 Å². The third-order valence-electron chi connectivity index (χ3n) is 6.87. The summed E-state index contributed by atoms with van der Waals surface area (Å²) in [7, 11) is 0. The number of esters is 1. The Morgan fingerprint density at radius 1 is 0.952 bits per heavy atom. The van der Waals surface area contributed by atoms with E-state index >= 15 is 0 Å². The Morgan fingerprint density at radius 2 is 1.62 bits per heavy atom. The maximum absolute atomic E-state index is 12.8. The Hall–Kier alpha value is -4.62. The molecule has 6 N–H and O–H groups in total. The number of fused-ring (bicyclic) bond motifs is 1. The highest BCUT2D eigenvalue weighted by Gasteiger charge is 2.48. The van der Waals surface area contributed by atoms with Gasteiger partial charge in [-0.2, -0.15) is 0 Å². The zero-order chi connectivity index (χ0) is 30.0. The van der Waals surface area contributed by atoms with E-state index in [1.165, 1.54) is 36.4 Å². The van der Waals surface area contributed by atoms with Crippen LogP contribution in [0.4, 0.5) is 0 Å². The summed E-state index contributed by atoms with van der Waals surface area (Å²) < 4.78 is 22.5. The summed E-state index contributed by atoms with van der Waals surface area (Å²) in [4.78, 5) is 25.3. The maximum atomic E-state index is 12.8. The number of phenols is 3. The lowest BCUT2D eigenvalue weighted by atomic mass is 9.95. The molecule has 3 aromatic rings. The number of carbonyl (C=O) groups excluding carboxylic acids is 2. The van der Waals surface area contributed by atoms with Gasteiger partial charge in [-0.3, -0.25) is 4.79 Å². The maximum Gasteiger partial charge on any atom is 0.331 e. The Bertz CT molecular complexity index is 1470. The van der Waals surface area contributed by atoms with Crippen LogP contribution >= 0.6 is 0 Å². The number of Topliss-reactive ketones (excluding diaryl/α,β-unsaturated/α-hetero) is 1. The molecule has 2 aliphatic rings. The van der Waals surface area contributed by atoms with E-state index in [0.29, 0.717) is 11.1 Å². The Balaban J connectivity index is 1.33. The smallest absolute Gasteiger partial charge is 0.331 e. The van der Waals surface area contributed by atoms with Gasteiger partial charge in [0.25, 0.3) is 0 Å². The molecule has 2 heterocycles. The van der Waals surface area contributed by atoms with Gasteiger partial charge in [0, 0.05) is 18.2 Å². The minimum absolute atomic E-state index is 0.00529. The molecule has 1 fully saturated rings. The van der Waals surface area contributed by atoms with Crippen molar-refractivity contribution in [1.82, 2.24) is 0 Å². The van der Waals surface area contributed by atoms with Crippen LogP contribution in [0.5, 0.6) is 28.7 Å². The van der Waals surface area contributed by atoms with Gasteiger partial charge in [-0.15, -0.1) is 0 Å². The van der Waals surface area contributed by atoms with Crippen molar-refractivity contribution in [2.45, 2.75) is 43.2 Å². The van der Waals surface area contributed by atoms with E-state index in [-0.39, 0.29) is 40.8 Å². The van der Waals surface area contributed by atoms with Crippen LogP contribution in [0.25, 0.3) is 6.08 Å². The second-order valence-corrected chi connectivity index (χ2v) is 9.79. The van der Waals surface area contributed by atoms with Crippen molar-refractivity contribution in [3.05, 3.63) is 83.4 Å². The Labute approximate surface area is 239 Å². The van der Waals surface area contributed by atoms with Crippen LogP contribution < -0.4 is 9.47 Å². The predicted octanol–water partition coefficient (Wildman–Crippen LogP) is 1.95. The largest absolute Gasteiger partial charge is 0.508 e. The Morgan fingerprint density at radius 3 is 2.29 bits per heavy atom. The quantitative estimate of drug-likeness (QED) is 0.176. The zero-order valence-electron chi connectivity index (χ0n) is 21.9. The summed E-state index contributed by atoms with van der Waals surface area (Å²) in [5.74, 6) is -1.73. The lowest BCUT2D eigenvalue weighted by molar-refractivity contribution is -0.280. The zero-order valence-corrected chi connectivity index (χ0v) is 21.9. The second kappa shape index (κ2) is 12.1. The van der Waals surface area contributed by atoms with Crippen LogP contribution in [0.2, 0.25) is 0 Å². The number of aliphatic hydroxyl groups is 3. The molecular formula is C30H28O12. The van der Waals surface area contributed by atoms with E-state index in [4.69, 9.17) is 18.9 Å². The van der Waals surface area contributed by atoms with Crippen molar-refractivity contribution in [2.24, 2.45) is 0 Å². The molecule has 12 heteroatoms. The number of ether oxygens (including phenoxy) is 4. The fourth-order valence-corrected chi connectivity index (χ4v) is 4.70. The number of aromatic hydroxyl groups is 3. The number of rotatable bonds is 7. The van der Waals surface area contributed by atoms with Crippen LogP contribution in [0.15, 0.2) is 66.7 Å². The third kappa shape index (κ3) is 6.16. The van der Waals surface area contributed by atoms with Gasteiger partial charge in [-0.1, -0.05) is 24.3 Å². The number of ketones is 1. The third-order valence-corrected chi connectivity index (χ3v) is 6.87. The topological polar surface area (TPSA) is 192 Å². The van der Waals surface area contributed by atoms with Crippen LogP contribution in [-0.2, 0) is 14.3 Å². The molecule has 0 bridgehead atoms. The molecule has 0 spiro atoms. The standard InChI is InChI=1S/C30H28O12/c31-14-24-27(37)29(42-25(36)10-3-15-1-6-17(32)7-2-15)28(38)30(41-24)39-19-11-20(34)26-21(35)13-22(40-23(26)12-19)16-4-8-18(33)9-5-16/h1-12,22,24,27-34,37-38H,13-14H2/t22-,24-,27-,28-,29-,30-/m1/s1. The van der Waals surface area contributed by atoms with E-state index < -0.39 is 55.1 Å². The summed E-state index contributed by atoms with van der Waals surface area (Å²) in [6.45, 7) is -0.702. The number of hydrogen-bond acceptors (Lipinski definition) is 12. The number of carbonyl (C=O) groups is 2. The molecular weight excluding hydrogens is 552 g/mol. The lowest BCUT2D eigenvalue weighted by Crippen LogP contribution is -2.61. The van der Waals surface area contributed by atoms with E-state index in [2.05, 4.69) is 0 Å². The molecule has 2 aliphatic heterocycles. The number of hydrogen-bond donors (Lipinski definition) is 6. The minimum atomic E-state index is -1.74. The van der Waals surface area contributed by atoms with Crippen molar-refractivity contribution in [3.8, 4) is 28.7 Å². The summed E-state index contributed by atoms with van der Waals surface area (Å²) in [5, 5.41) is 60.8. The minimum Gasteiger partial charge on any atom is -0.508 e. The van der Waals surface area contributed by atoms with Gasteiger partial charge in [0.15, 0.2) is 18.0 Å². The van der Waals surface area contributed by atoms with Gasteiger partial charge in [-0.05, 0) is 41.5 Å². The first kappa shape index (κ1) is 28.9. The van der Waals surface area contributed by atoms with Crippen molar-refractivity contribution in [3.63, 3.8) is 0 Å². The molecule has 0 unspecified atom stereocenters. The van der Waals surface area contributed by atoms with Gasteiger partial charge in [0.2, 0.25) is 6.29 Å². The molecule has 12 nitrogen and oxygen atoms in total. The van der Waals surface area contributed by atoms with Gasteiger partial charge < -0.3 is 49.6 Å². The van der Waals surface area contributed by atoms with Crippen LogP contribution in [0, 0.1) is 0 Å². The lowest BCUT2D eigenvalue weighted by Gasteiger charge is -2.41. The fourth-order valence-electron chi connectivity index (χ4n) is 4.70. The highest BCUT2D eigenvalue weighted by atomic mass is 16.7. The first-order valence-corrected chi connectivity index (χ1v) is 13.0. The van der Waals surface area contributed by atoms with Crippen molar-refractivity contribution in [2.75, 3.05) is 6.61 Å². The normalized spacial score (nSPS) is 25.5. The predicted molar refractivity (Wildman–Crippen MR) is 144 cm³/mol. The molecule has 6 atom stereocenters. The highest BCUT2D eigenvalue weighted by molar-refractivity contribution is 6.02. The van der Waals surface area contributed by atoms with Crippen molar-refractivity contribution >= 4 is 17.8 Å². The van der Waals surface area contributed by atoms with Crippen molar-refractivity contribution < 1.29 is 59.2 Å². The molecule has 0 amide bonds. The molecule has 1 saturated heterocycles. The number of aliphatic hydroxyl groups excluding tert-OH is 3. The van der Waals surface area contributed by atoms with Gasteiger partial charge in [-0.25, -0.2) is 4.79 Å². The molecule has 0 aliphatic carbocycles. The first-order valence-electron chi connectivity index (χ1n) is 13.0. The van der Waals surface area contributed by atoms with Crippen molar-refractivity contribution in [1.29, 1.82) is 0 Å². The summed E-state index contributed by atoms with van der Waals surface area (Å²) in [5.41, 5.74) is 1.14. The molecule has 0 radical (unpaired) electrons. The second-order valence-electron chi connectivity index (χ2n) is 9.79. The molecule has 0 aromatic heterocycles. The summed E-state index contributed by atoms with van der Waals surface area (Å²) in [6, 6.07) is 14.5. The number of benzene rings is 3. The van der Waals surface area contributed by atoms with Crippen LogP contribution in [-0.4, -0.2) is 79.7 Å². The monoisotopic (exact) mass is 580 g/mol. The van der Waals surface area contributed by atoms with Gasteiger partial charge in [0.1, 0.15) is 52.6 Å². The molecule has 42 heavy (non-hydrogen) atoms. The van der Waals surface area contributed by atoms with E-state index in [0.717, 1.165) is 12.1 Å². The SMILES string of the molecule is O=C(C=Cc1ccc(O)cc1)O[C@H]1[C@@H](O)[C@H](Oc2cc(O)c3c(c2)O[C@@H](c2ccc(O)cc2)CC3=O)O[C@H](CO)[C@H]1O. The number of phenolic OH excluding ortho intramolecular Hbond substituents is 3. The van der Waals surface area contributed by atoms with E-state index in [9.17, 15) is 40.2 Å². The Kier molecular flexibility index (Phi) is 8.31. The van der Waals surface area contributed by atoms with Crippen LogP contribution in [0.1, 0.15) is 34.0 Å². The molecule has 220 valence electrons. The molecule has 5 rings (SSSR count). The summed E-state index contributed by atoms with van der Waals surface area (Å²) >= 11 is 0.